The normalized spacial score (nSPS) is 10.6. The molecule has 32 heavy (non-hydrogen) atoms. The maximum atomic E-state index is 12.5. The second-order valence-electron chi connectivity index (χ2n) is 6.77. The van der Waals surface area contributed by atoms with E-state index in [2.05, 4.69) is 5.32 Å². The highest BCUT2D eigenvalue weighted by Crippen LogP contribution is 2.25. The highest BCUT2D eigenvalue weighted by molar-refractivity contribution is 6.05. The average molecular weight is 431 g/mol. The third kappa shape index (κ3) is 4.05. The summed E-state index contributed by atoms with van der Waals surface area (Å²) < 4.78 is 5.33. The lowest BCUT2D eigenvalue weighted by molar-refractivity contribution is -0.394. The number of para-hydroxylation sites is 1. The van der Waals surface area contributed by atoms with E-state index in [0.29, 0.717) is 22.4 Å². The number of nitrogens with one attached hydrogen (secondary N) is 1. The molecule has 3 aromatic carbocycles. The molecule has 1 N–H and O–H groups in total. The number of carbonyl (C=O) groups excluding carboxylic acids is 1. The summed E-state index contributed by atoms with van der Waals surface area (Å²) in [6, 6.07) is 17.8. The molecule has 0 radical (unpaired) electrons. The van der Waals surface area contributed by atoms with Crippen molar-refractivity contribution in [2.24, 2.45) is 0 Å². The molecule has 4 aromatic rings. The Hall–Kier alpha value is -4.86. The van der Waals surface area contributed by atoms with Crippen LogP contribution >= 0.6 is 0 Å². The van der Waals surface area contributed by atoms with E-state index in [1.807, 2.05) is 12.1 Å². The zero-order chi connectivity index (χ0) is 22.8. The molecule has 1 aromatic heterocycles. The molecule has 4 rings (SSSR count). The summed E-state index contributed by atoms with van der Waals surface area (Å²) in [6.07, 6.45) is 0. The molecule has 0 aliphatic carbocycles. The van der Waals surface area contributed by atoms with Crippen LogP contribution < -0.4 is 10.9 Å². The number of benzene rings is 3. The molecule has 0 saturated heterocycles. The topological polar surface area (TPSA) is 146 Å². The van der Waals surface area contributed by atoms with Gasteiger partial charge in [0.15, 0.2) is 0 Å². The number of rotatable bonds is 5. The van der Waals surface area contributed by atoms with Crippen molar-refractivity contribution in [3.63, 3.8) is 0 Å². The fourth-order valence-electron chi connectivity index (χ4n) is 3.14. The number of anilines is 1. The van der Waals surface area contributed by atoms with Gasteiger partial charge in [-0.05, 0) is 29.8 Å². The Labute approximate surface area is 179 Å². The van der Waals surface area contributed by atoms with E-state index in [-0.39, 0.29) is 5.56 Å². The molecule has 0 bridgehead atoms. The molecular weight excluding hydrogens is 418 g/mol. The van der Waals surface area contributed by atoms with E-state index in [9.17, 15) is 29.8 Å². The van der Waals surface area contributed by atoms with Gasteiger partial charge in [0.2, 0.25) is 0 Å². The van der Waals surface area contributed by atoms with Crippen LogP contribution in [0.2, 0.25) is 0 Å². The average Bonchev–Trinajstić information content (AvgIpc) is 2.78. The minimum atomic E-state index is -0.812. The van der Waals surface area contributed by atoms with Crippen molar-refractivity contribution in [2.45, 2.75) is 0 Å². The highest BCUT2D eigenvalue weighted by Gasteiger charge is 2.20. The Morgan fingerprint density at radius 3 is 2.09 bits per heavy atom. The third-order valence-corrected chi connectivity index (χ3v) is 4.68. The Kier molecular flexibility index (Phi) is 5.17. The first-order valence-corrected chi connectivity index (χ1v) is 9.20. The smallest absolute Gasteiger partial charge is 0.344 e. The van der Waals surface area contributed by atoms with Crippen LogP contribution in [-0.4, -0.2) is 15.8 Å². The first-order chi connectivity index (χ1) is 15.3. The van der Waals surface area contributed by atoms with Gasteiger partial charge >= 0.3 is 5.63 Å². The highest BCUT2D eigenvalue weighted by atomic mass is 16.6. The number of amides is 1. The zero-order valence-corrected chi connectivity index (χ0v) is 16.2. The molecule has 0 aliphatic rings. The summed E-state index contributed by atoms with van der Waals surface area (Å²) in [5.41, 5.74) is -0.168. The predicted octanol–water partition coefficient (Wildman–Crippen LogP) is 4.53. The van der Waals surface area contributed by atoms with E-state index in [0.717, 1.165) is 23.6 Å². The van der Waals surface area contributed by atoms with Gasteiger partial charge in [-0.3, -0.25) is 25.0 Å². The zero-order valence-electron chi connectivity index (χ0n) is 16.2. The van der Waals surface area contributed by atoms with Crippen molar-refractivity contribution in [1.29, 1.82) is 0 Å². The lowest BCUT2D eigenvalue weighted by Crippen LogP contribution is -2.12. The Bertz CT molecular complexity index is 1410. The molecule has 10 heteroatoms. The van der Waals surface area contributed by atoms with Crippen LogP contribution in [0.5, 0.6) is 0 Å². The number of hydrogen-bond acceptors (Lipinski definition) is 7. The molecule has 0 aliphatic heterocycles. The summed E-state index contributed by atoms with van der Waals surface area (Å²) in [5.74, 6) is -0.755. The van der Waals surface area contributed by atoms with Gasteiger partial charge in [0.05, 0.1) is 27.0 Å². The van der Waals surface area contributed by atoms with Crippen LogP contribution in [-0.2, 0) is 0 Å². The van der Waals surface area contributed by atoms with Crippen LogP contribution in [0.3, 0.4) is 0 Å². The fourth-order valence-corrected chi connectivity index (χ4v) is 3.14. The van der Waals surface area contributed by atoms with Gasteiger partial charge in [0, 0.05) is 23.2 Å². The minimum absolute atomic E-state index is 0.231. The number of hydrogen-bond donors (Lipinski definition) is 1. The summed E-state index contributed by atoms with van der Waals surface area (Å²) in [7, 11) is 0. The predicted molar refractivity (Wildman–Crippen MR) is 116 cm³/mol. The number of carbonyl (C=O) groups is 1. The van der Waals surface area contributed by atoms with Crippen molar-refractivity contribution in [1.82, 2.24) is 0 Å². The number of nitro groups is 2. The lowest BCUT2D eigenvalue weighted by atomic mass is 10.1. The van der Waals surface area contributed by atoms with E-state index in [1.54, 1.807) is 30.3 Å². The number of fused-ring (bicyclic) bond motifs is 1. The monoisotopic (exact) mass is 431 g/mol. The first-order valence-electron chi connectivity index (χ1n) is 9.20. The van der Waals surface area contributed by atoms with Crippen molar-refractivity contribution in [2.75, 3.05) is 5.32 Å². The quantitative estimate of drug-likeness (QED) is 0.277. The SMILES string of the molecule is O=C(Nc1ccc(-c2cc3ccccc3oc2=O)cc1)c1cc([N+](=O)[O-])cc([N+](=O)[O-])c1. The molecule has 1 heterocycles. The first kappa shape index (κ1) is 20.4. The molecule has 0 atom stereocenters. The molecule has 0 saturated carbocycles. The van der Waals surface area contributed by atoms with Gasteiger partial charge in [-0.25, -0.2) is 4.79 Å². The standard InChI is InChI=1S/C22H13N3O7/c26-21(15-9-17(24(28)29)12-18(10-15)25(30)31)23-16-7-5-13(6-8-16)19-11-14-3-1-2-4-20(14)32-22(19)27/h1-12H,(H,23,26). The molecule has 0 unspecified atom stereocenters. The fraction of sp³-hybridized carbons (Fsp3) is 0. The second kappa shape index (κ2) is 8.11. The van der Waals surface area contributed by atoms with Crippen LogP contribution in [0.15, 0.2) is 82.0 Å². The molecule has 158 valence electrons. The second-order valence-corrected chi connectivity index (χ2v) is 6.77. The van der Waals surface area contributed by atoms with Crippen molar-refractivity contribution < 1.29 is 19.1 Å². The minimum Gasteiger partial charge on any atom is -0.422 e. The lowest BCUT2D eigenvalue weighted by Gasteiger charge is -2.07. The van der Waals surface area contributed by atoms with Gasteiger partial charge in [0.25, 0.3) is 17.3 Å². The number of nitrogens with zero attached hydrogens (tertiary/aromatic N) is 2. The van der Waals surface area contributed by atoms with Crippen molar-refractivity contribution in [3.8, 4) is 11.1 Å². The molecule has 0 spiro atoms. The molecule has 0 fully saturated rings. The van der Waals surface area contributed by atoms with Crippen LogP contribution in [0.1, 0.15) is 10.4 Å². The van der Waals surface area contributed by atoms with Crippen molar-refractivity contribution in [3.05, 3.63) is 109 Å². The van der Waals surface area contributed by atoms with Crippen LogP contribution in [0.4, 0.5) is 17.1 Å². The Morgan fingerprint density at radius 1 is 0.844 bits per heavy atom. The number of nitro benzene ring substituents is 2. The molecular formula is C22H13N3O7. The maximum absolute atomic E-state index is 12.5. The molecule has 10 nitrogen and oxygen atoms in total. The van der Waals surface area contributed by atoms with Crippen LogP contribution in [0, 0.1) is 20.2 Å². The Balaban J connectivity index is 1.60. The van der Waals surface area contributed by atoms with Gasteiger partial charge in [-0.1, -0.05) is 30.3 Å². The summed E-state index contributed by atoms with van der Waals surface area (Å²) >= 11 is 0. The maximum Gasteiger partial charge on any atom is 0.344 e. The third-order valence-electron chi connectivity index (χ3n) is 4.68. The summed E-state index contributed by atoms with van der Waals surface area (Å²) in [6.45, 7) is 0. The van der Waals surface area contributed by atoms with E-state index in [4.69, 9.17) is 4.42 Å². The van der Waals surface area contributed by atoms with E-state index >= 15 is 0 Å². The van der Waals surface area contributed by atoms with Gasteiger partial charge in [0.1, 0.15) is 5.58 Å². The van der Waals surface area contributed by atoms with Gasteiger partial charge in [-0.15, -0.1) is 0 Å². The van der Waals surface area contributed by atoms with E-state index < -0.39 is 32.8 Å². The largest absolute Gasteiger partial charge is 0.422 e. The molecule has 1 amide bonds. The summed E-state index contributed by atoms with van der Waals surface area (Å²) in [5, 5.41) is 25.3. The van der Waals surface area contributed by atoms with Gasteiger partial charge in [-0.2, -0.15) is 0 Å². The van der Waals surface area contributed by atoms with E-state index in [1.165, 1.54) is 12.1 Å². The van der Waals surface area contributed by atoms with Gasteiger partial charge < -0.3 is 9.73 Å². The van der Waals surface area contributed by atoms with Crippen LogP contribution in [0.25, 0.3) is 22.1 Å². The summed E-state index contributed by atoms with van der Waals surface area (Å²) in [4.78, 5) is 45.2. The number of non-ortho nitro benzene ring substituents is 2. The van der Waals surface area contributed by atoms with Crippen molar-refractivity contribution >= 4 is 33.9 Å². The Morgan fingerprint density at radius 2 is 1.47 bits per heavy atom.